The van der Waals surface area contributed by atoms with Crippen LogP contribution in [0.3, 0.4) is 0 Å². The maximum Gasteiger partial charge on any atom is 0.242 e. The monoisotopic (exact) mass is 481 g/mol. The Kier molecular flexibility index (Phi) is 7.37. The molecule has 0 aliphatic heterocycles. The van der Waals surface area contributed by atoms with E-state index in [4.69, 9.17) is 0 Å². The molecule has 4 rings (SSSR count). The Labute approximate surface area is 198 Å². The number of nitrogens with one attached hydrogen (secondary N) is 2. The number of hydrogen-bond acceptors (Lipinski definition) is 5. The smallest absolute Gasteiger partial charge is 0.242 e. The highest BCUT2D eigenvalue weighted by Gasteiger charge is 2.26. The molecule has 33 heavy (non-hydrogen) atoms. The summed E-state index contributed by atoms with van der Waals surface area (Å²) < 4.78 is 30.5. The Bertz CT molecular complexity index is 1330. The highest BCUT2D eigenvalue weighted by molar-refractivity contribution is 7.90. The molecule has 6 nitrogen and oxygen atoms in total. The number of nitrogens with zero attached hydrogens (tertiary/aromatic N) is 1. The lowest BCUT2D eigenvalue weighted by Crippen LogP contribution is -2.29. The van der Waals surface area contributed by atoms with Gasteiger partial charge >= 0.3 is 0 Å². The molecular weight excluding hydrogens is 454 g/mol. The predicted molar refractivity (Wildman–Crippen MR) is 133 cm³/mol. The second-order valence-electron chi connectivity index (χ2n) is 8.12. The van der Waals surface area contributed by atoms with E-state index in [9.17, 15) is 13.2 Å². The average molecular weight is 482 g/mol. The number of thiophene rings is 1. The maximum atomic E-state index is 13.4. The molecule has 0 bridgehead atoms. The summed E-state index contributed by atoms with van der Waals surface area (Å²) in [6, 6.07) is 16.8. The van der Waals surface area contributed by atoms with Gasteiger partial charge in [0.2, 0.25) is 10.0 Å². The van der Waals surface area contributed by atoms with E-state index in [1.165, 1.54) is 11.3 Å². The topological polar surface area (TPSA) is 91.9 Å². The zero-order valence-corrected chi connectivity index (χ0v) is 20.1. The van der Waals surface area contributed by atoms with Gasteiger partial charge in [-0.05, 0) is 31.4 Å². The summed E-state index contributed by atoms with van der Waals surface area (Å²) >= 11 is 1.42. The molecule has 0 aliphatic rings. The summed E-state index contributed by atoms with van der Waals surface area (Å²) in [6.07, 6.45) is 5.31. The molecule has 8 heteroatoms. The first kappa shape index (κ1) is 23.4. The van der Waals surface area contributed by atoms with Crippen LogP contribution >= 0.6 is 11.3 Å². The number of ketones is 1. The third kappa shape index (κ3) is 5.76. The Hall–Kier alpha value is -2.81. The number of aromatic nitrogens is 2. The minimum absolute atomic E-state index is 0.176. The van der Waals surface area contributed by atoms with Crippen LogP contribution < -0.4 is 4.72 Å². The molecule has 0 saturated heterocycles. The number of fused-ring (bicyclic) bond motifs is 1. The van der Waals surface area contributed by atoms with E-state index in [2.05, 4.69) is 14.7 Å². The van der Waals surface area contributed by atoms with Gasteiger partial charge in [0.25, 0.3) is 0 Å². The fraction of sp³-hybridized carbons (Fsp3) is 0.280. The number of aromatic amines is 1. The fourth-order valence-electron chi connectivity index (χ4n) is 3.84. The van der Waals surface area contributed by atoms with Crippen molar-refractivity contribution in [2.75, 3.05) is 0 Å². The standard InChI is InChI=1S/C25H27N3O3S2/c1-18(29)10-4-2-7-14-21(25-26-16-22(27-25)19-11-5-3-6-12-19)28-33(30,31)24-17-32-23-15-9-8-13-20(23)24/h3,5-6,8-9,11-13,15-17,21,28H,2,4,7,10,14H2,1H3,(H,26,27)/t21-/m0/s1. The first-order valence-corrected chi connectivity index (χ1v) is 13.4. The minimum Gasteiger partial charge on any atom is -0.341 e. The van der Waals surface area contributed by atoms with Gasteiger partial charge in [0, 0.05) is 21.9 Å². The molecule has 0 aliphatic carbocycles. The highest BCUT2D eigenvalue weighted by atomic mass is 32.2. The molecule has 0 radical (unpaired) electrons. The summed E-state index contributed by atoms with van der Waals surface area (Å²) in [6.45, 7) is 1.59. The molecule has 2 aromatic carbocycles. The van der Waals surface area contributed by atoms with Crippen molar-refractivity contribution >= 4 is 37.2 Å². The molecule has 0 fully saturated rings. The average Bonchev–Trinajstić information content (AvgIpc) is 3.46. The quantitative estimate of drug-likeness (QED) is 0.263. The third-order valence-electron chi connectivity index (χ3n) is 5.56. The third-order valence-corrected chi connectivity index (χ3v) is 8.19. The SMILES string of the molecule is CC(=O)CCCCC[C@H](NS(=O)(=O)c1csc2ccccc12)c1ncc(-c2ccccc2)[nH]1. The van der Waals surface area contributed by atoms with Crippen LogP contribution in [0.5, 0.6) is 0 Å². The number of rotatable bonds is 11. The van der Waals surface area contributed by atoms with Crippen molar-refractivity contribution in [1.82, 2.24) is 14.7 Å². The van der Waals surface area contributed by atoms with Crippen molar-refractivity contribution < 1.29 is 13.2 Å². The van der Waals surface area contributed by atoms with Crippen LogP contribution in [0.1, 0.15) is 50.9 Å². The molecule has 0 amide bonds. The lowest BCUT2D eigenvalue weighted by molar-refractivity contribution is -0.117. The van der Waals surface area contributed by atoms with E-state index in [0.717, 1.165) is 40.6 Å². The van der Waals surface area contributed by atoms with Crippen molar-refractivity contribution in [3.05, 3.63) is 72.0 Å². The van der Waals surface area contributed by atoms with Gasteiger partial charge in [-0.2, -0.15) is 0 Å². The van der Waals surface area contributed by atoms with Crippen molar-refractivity contribution in [2.24, 2.45) is 0 Å². The number of imidazole rings is 1. The van der Waals surface area contributed by atoms with Gasteiger partial charge in [0.05, 0.1) is 17.9 Å². The Morgan fingerprint density at radius 1 is 1.06 bits per heavy atom. The largest absolute Gasteiger partial charge is 0.341 e. The van der Waals surface area contributed by atoms with Crippen LogP contribution in [0.4, 0.5) is 0 Å². The summed E-state index contributed by atoms with van der Waals surface area (Å²) in [5.74, 6) is 0.763. The number of unbranched alkanes of at least 4 members (excludes halogenated alkanes) is 2. The number of H-pyrrole nitrogens is 1. The van der Waals surface area contributed by atoms with Crippen molar-refractivity contribution in [3.8, 4) is 11.3 Å². The predicted octanol–water partition coefficient (Wildman–Crippen LogP) is 5.85. The van der Waals surface area contributed by atoms with Gasteiger partial charge < -0.3 is 9.78 Å². The van der Waals surface area contributed by atoms with E-state index in [0.29, 0.717) is 23.6 Å². The van der Waals surface area contributed by atoms with Gasteiger partial charge in [-0.25, -0.2) is 18.1 Å². The van der Waals surface area contributed by atoms with Gasteiger partial charge in [-0.1, -0.05) is 61.4 Å². The van der Waals surface area contributed by atoms with Crippen LogP contribution in [0.25, 0.3) is 21.3 Å². The first-order chi connectivity index (χ1) is 15.9. The Morgan fingerprint density at radius 2 is 1.82 bits per heavy atom. The molecule has 0 spiro atoms. The first-order valence-electron chi connectivity index (χ1n) is 11.0. The van der Waals surface area contributed by atoms with Crippen LogP contribution in [-0.4, -0.2) is 24.2 Å². The summed E-state index contributed by atoms with van der Waals surface area (Å²) in [5, 5.41) is 2.41. The van der Waals surface area contributed by atoms with Crippen LogP contribution in [0.2, 0.25) is 0 Å². The number of hydrogen-bond donors (Lipinski definition) is 2. The second kappa shape index (κ2) is 10.4. The highest BCUT2D eigenvalue weighted by Crippen LogP contribution is 2.31. The number of sulfonamides is 1. The summed E-state index contributed by atoms with van der Waals surface area (Å²) in [4.78, 5) is 19.3. The number of carbonyl (C=O) groups is 1. The number of carbonyl (C=O) groups excluding carboxylic acids is 1. The van der Waals surface area contributed by atoms with Gasteiger partial charge in [-0.15, -0.1) is 11.3 Å². The molecule has 4 aromatic rings. The van der Waals surface area contributed by atoms with Gasteiger partial charge in [0.15, 0.2) is 0 Å². The second-order valence-corrected chi connectivity index (χ2v) is 10.7. The van der Waals surface area contributed by atoms with Gasteiger partial charge in [0.1, 0.15) is 16.5 Å². The zero-order chi connectivity index (χ0) is 23.3. The Balaban J connectivity index is 1.57. The molecule has 0 saturated carbocycles. The number of benzene rings is 2. The van der Waals surface area contributed by atoms with Gasteiger partial charge in [-0.3, -0.25) is 0 Å². The lowest BCUT2D eigenvalue weighted by Gasteiger charge is -2.17. The molecule has 2 N–H and O–H groups in total. The number of Topliss-reactive ketones (excluding diaryl/α,β-unsaturated/α-hetero) is 1. The molecule has 2 heterocycles. The summed E-state index contributed by atoms with van der Waals surface area (Å²) in [5.41, 5.74) is 1.83. The molecule has 172 valence electrons. The molecule has 0 unspecified atom stereocenters. The van der Waals surface area contributed by atoms with Crippen molar-refractivity contribution in [1.29, 1.82) is 0 Å². The molecule has 1 atom stereocenters. The van der Waals surface area contributed by atoms with E-state index < -0.39 is 16.1 Å². The van der Waals surface area contributed by atoms with E-state index in [-0.39, 0.29) is 5.78 Å². The van der Waals surface area contributed by atoms with Crippen LogP contribution in [0.15, 0.2) is 71.1 Å². The summed E-state index contributed by atoms with van der Waals surface area (Å²) in [7, 11) is -3.76. The fourth-order valence-corrected chi connectivity index (χ4v) is 6.58. The molecule has 2 aromatic heterocycles. The maximum absolute atomic E-state index is 13.4. The van der Waals surface area contributed by atoms with Crippen molar-refractivity contribution in [2.45, 2.75) is 50.0 Å². The molecular formula is C25H27N3O3S2. The van der Waals surface area contributed by atoms with Crippen molar-refractivity contribution in [3.63, 3.8) is 0 Å². The van der Waals surface area contributed by atoms with Crippen LogP contribution in [-0.2, 0) is 14.8 Å². The van der Waals surface area contributed by atoms with Crippen LogP contribution in [0, 0.1) is 0 Å². The van der Waals surface area contributed by atoms with E-state index in [1.807, 2.05) is 54.6 Å². The lowest BCUT2D eigenvalue weighted by atomic mass is 10.1. The van der Waals surface area contributed by atoms with E-state index in [1.54, 1.807) is 18.5 Å². The minimum atomic E-state index is -3.76. The normalized spacial score (nSPS) is 12.8. The Morgan fingerprint density at radius 3 is 2.61 bits per heavy atom. The zero-order valence-electron chi connectivity index (χ0n) is 18.5. The van der Waals surface area contributed by atoms with E-state index >= 15 is 0 Å².